The summed E-state index contributed by atoms with van der Waals surface area (Å²) in [5.74, 6) is -0.932. The van der Waals surface area contributed by atoms with Crippen LogP contribution in [0, 0.1) is 10.1 Å². The molecule has 10 nitrogen and oxygen atoms in total. The fourth-order valence-corrected chi connectivity index (χ4v) is 2.02. The minimum atomic E-state index is -0.724. The molecule has 0 bridgehead atoms. The molecule has 1 amide bonds. The summed E-state index contributed by atoms with van der Waals surface area (Å²) >= 11 is 5.83. The van der Waals surface area contributed by atoms with Gasteiger partial charge in [0.25, 0.3) is 5.91 Å². The number of benzene rings is 1. The van der Waals surface area contributed by atoms with Crippen LogP contribution in [0.1, 0.15) is 16.4 Å². The third kappa shape index (κ3) is 3.22. The molecule has 2 heterocycles. The number of carbonyl (C=O) groups is 1. The molecule has 0 fully saturated rings. The topological polar surface area (TPSA) is 129 Å². The third-order valence-corrected chi connectivity index (χ3v) is 3.26. The normalized spacial score (nSPS) is 10.5. The molecule has 3 rings (SSSR count). The zero-order valence-corrected chi connectivity index (χ0v) is 12.7. The smallest absolute Gasteiger partial charge is 0.395 e. The Balaban J connectivity index is 1.71. The average Bonchev–Trinajstić information content (AvgIpc) is 3.23. The van der Waals surface area contributed by atoms with Gasteiger partial charge < -0.3 is 9.73 Å². The molecule has 0 spiro atoms. The second-order valence-electron chi connectivity index (χ2n) is 4.56. The molecule has 1 aromatic carbocycles. The van der Waals surface area contributed by atoms with E-state index in [2.05, 4.69) is 20.8 Å². The van der Waals surface area contributed by atoms with Crippen molar-refractivity contribution in [3.8, 4) is 5.69 Å². The summed E-state index contributed by atoms with van der Waals surface area (Å²) < 4.78 is 6.25. The number of tetrazole rings is 1. The van der Waals surface area contributed by atoms with Crippen LogP contribution < -0.4 is 5.32 Å². The van der Waals surface area contributed by atoms with Gasteiger partial charge in [-0.1, -0.05) is 11.6 Å². The predicted octanol–water partition coefficient (Wildman–Crippen LogP) is 1.75. The highest BCUT2D eigenvalue weighted by Gasteiger charge is 2.18. The van der Waals surface area contributed by atoms with Gasteiger partial charge >= 0.3 is 5.88 Å². The fraction of sp³-hybridized carbons (Fsp3) is 0.0769. The second-order valence-corrected chi connectivity index (χ2v) is 5.00. The van der Waals surface area contributed by atoms with E-state index in [-0.39, 0.29) is 12.3 Å². The number of aromatic nitrogens is 4. The Morgan fingerprint density at radius 1 is 1.29 bits per heavy atom. The van der Waals surface area contributed by atoms with Gasteiger partial charge in [-0.2, -0.15) is 4.68 Å². The molecule has 0 saturated carbocycles. The quantitative estimate of drug-likeness (QED) is 0.549. The first-order chi connectivity index (χ1) is 11.5. The summed E-state index contributed by atoms with van der Waals surface area (Å²) in [5, 5.41) is 24.9. The van der Waals surface area contributed by atoms with Crippen molar-refractivity contribution in [3.05, 3.63) is 63.1 Å². The number of nitro groups is 1. The first kappa shape index (κ1) is 15.6. The Labute approximate surface area is 139 Å². The van der Waals surface area contributed by atoms with Crippen molar-refractivity contribution in [1.82, 2.24) is 25.5 Å². The summed E-state index contributed by atoms with van der Waals surface area (Å²) in [4.78, 5) is 21.8. The van der Waals surface area contributed by atoms with Gasteiger partial charge in [0, 0.05) is 5.02 Å². The van der Waals surface area contributed by atoms with Crippen LogP contribution in [-0.4, -0.2) is 31.0 Å². The van der Waals surface area contributed by atoms with Crippen molar-refractivity contribution in [2.75, 3.05) is 0 Å². The molecule has 122 valence electrons. The second kappa shape index (κ2) is 6.46. The van der Waals surface area contributed by atoms with E-state index in [4.69, 9.17) is 16.0 Å². The molecule has 3 aromatic rings. The largest absolute Gasteiger partial charge is 0.433 e. The molecule has 0 radical (unpaired) electrons. The van der Waals surface area contributed by atoms with E-state index in [1.54, 1.807) is 24.3 Å². The van der Waals surface area contributed by atoms with E-state index in [0.717, 1.165) is 6.07 Å². The molecule has 11 heteroatoms. The van der Waals surface area contributed by atoms with Crippen molar-refractivity contribution in [1.29, 1.82) is 0 Å². The summed E-state index contributed by atoms with van der Waals surface area (Å²) in [5.41, 5.74) is 0.669. The minimum Gasteiger partial charge on any atom is -0.395 e. The molecule has 0 aliphatic rings. The Bertz CT molecular complexity index is 888. The van der Waals surface area contributed by atoms with Crippen molar-refractivity contribution in [2.45, 2.75) is 6.54 Å². The highest BCUT2D eigenvalue weighted by molar-refractivity contribution is 6.30. The number of hydrogen-bond donors (Lipinski definition) is 1. The minimum absolute atomic E-state index is 0.00293. The Hall–Kier alpha value is -3.27. The Kier molecular flexibility index (Phi) is 4.20. The number of amides is 1. The SMILES string of the molecule is O=C(NCc1nnnn1-c1ccc(Cl)cc1)c1ccc([N+](=O)[O-])o1. The van der Waals surface area contributed by atoms with Gasteiger partial charge in [-0.15, -0.1) is 5.10 Å². The third-order valence-electron chi connectivity index (χ3n) is 3.01. The molecule has 1 N–H and O–H groups in total. The fourth-order valence-electron chi connectivity index (χ4n) is 1.89. The lowest BCUT2D eigenvalue weighted by molar-refractivity contribution is -0.402. The standard InChI is InChI=1S/C13H9ClN6O4/c14-8-1-3-9(4-2-8)19-11(16-17-18-19)7-15-13(21)10-5-6-12(24-10)20(22)23/h1-6H,7H2,(H,15,21). The number of furan rings is 1. The zero-order chi connectivity index (χ0) is 17.1. The molecular formula is C13H9ClN6O4. The lowest BCUT2D eigenvalue weighted by atomic mass is 10.3. The van der Waals surface area contributed by atoms with Crippen LogP contribution in [0.25, 0.3) is 5.69 Å². The van der Waals surface area contributed by atoms with Crippen molar-refractivity contribution >= 4 is 23.4 Å². The van der Waals surface area contributed by atoms with E-state index < -0.39 is 16.7 Å². The number of nitrogens with zero attached hydrogens (tertiary/aromatic N) is 5. The molecule has 2 aromatic heterocycles. The lowest BCUT2D eigenvalue weighted by Crippen LogP contribution is -2.24. The maximum Gasteiger partial charge on any atom is 0.433 e. The van der Waals surface area contributed by atoms with Gasteiger partial charge in [-0.25, -0.2) is 0 Å². The van der Waals surface area contributed by atoms with E-state index in [9.17, 15) is 14.9 Å². The molecular weight excluding hydrogens is 340 g/mol. The maximum atomic E-state index is 11.9. The number of carbonyl (C=O) groups excluding carboxylic acids is 1. The molecule has 24 heavy (non-hydrogen) atoms. The predicted molar refractivity (Wildman–Crippen MR) is 80.7 cm³/mol. The summed E-state index contributed by atoms with van der Waals surface area (Å²) in [6, 6.07) is 9.13. The van der Waals surface area contributed by atoms with E-state index in [1.165, 1.54) is 10.7 Å². The Morgan fingerprint density at radius 2 is 2.04 bits per heavy atom. The van der Waals surface area contributed by atoms with Crippen LogP contribution in [0.5, 0.6) is 0 Å². The number of halogens is 1. The molecule has 0 aliphatic carbocycles. The van der Waals surface area contributed by atoms with Crippen LogP contribution in [0.15, 0.2) is 40.8 Å². The summed E-state index contributed by atoms with van der Waals surface area (Å²) in [7, 11) is 0. The number of nitrogens with one attached hydrogen (secondary N) is 1. The van der Waals surface area contributed by atoms with Gasteiger partial charge in [0.2, 0.25) is 0 Å². The molecule has 0 unspecified atom stereocenters. The zero-order valence-electron chi connectivity index (χ0n) is 11.9. The van der Waals surface area contributed by atoms with E-state index >= 15 is 0 Å². The average molecular weight is 349 g/mol. The summed E-state index contributed by atoms with van der Waals surface area (Å²) in [6.07, 6.45) is 0. The van der Waals surface area contributed by atoms with E-state index in [0.29, 0.717) is 16.5 Å². The van der Waals surface area contributed by atoms with Gasteiger partial charge in [-0.3, -0.25) is 14.9 Å². The van der Waals surface area contributed by atoms with Gasteiger partial charge in [0.1, 0.15) is 4.92 Å². The highest BCUT2D eigenvalue weighted by Crippen LogP contribution is 2.16. The summed E-state index contributed by atoms with van der Waals surface area (Å²) in [6.45, 7) is 0.00293. The van der Waals surface area contributed by atoms with Crippen LogP contribution in [0.2, 0.25) is 5.02 Å². The highest BCUT2D eigenvalue weighted by atomic mass is 35.5. The number of rotatable bonds is 5. The van der Waals surface area contributed by atoms with Crippen molar-refractivity contribution in [3.63, 3.8) is 0 Å². The van der Waals surface area contributed by atoms with Crippen LogP contribution >= 0.6 is 11.6 Å². The van der Waals surface area contributed by atoms with Crippen LogP contribution in [-0.2, 0) is 6.54 Å². The maximum absolute atomic E-state index is 11.9. The number of hydrogen-bond acceptors (Lipinski definition) is 7. The molecule has 0 atom stereocenters. The van der Waals surface area contributed by atoms with Gasteiger partial charge in [0.15, 0.2) is 11.6 Å². The van der Waals surface area contributed by atoms with Crippen molar-refractivity contribution in [2.24, 2.45) is 0 Å². The first-order valence-corrected chi connectivity index (χ1v) is 6.98. The van der Waals surface area contributed by atoms with Crippen molar-refractivity contribution < 1.29 is 14.1 Å². The van der Waals surface area contributed by atoms with Gasteiger partial charge in [0.05, 0.1) is 18.3 Å². The van der Waals surface area contributed by atoms with Gasteiger partial charge in [-0.05, 0) is 40.8 Å². The monoisotopic (exact) mass is 348 g/mol. The lowest BCUT2D eigenvalue weighted by Gasteiger charge is -2.05. The van der Waals surface area contributed by atoms with E-state index in [1.807, 2.05) is 0 Å². The first-order valence-electron chi connectivity index (χ1n) is 6.60. The molecule has 0 saturated heterocycles. The molecule has 0 aliphatic heterocycles. The van der Waals surface area contributed by atoms with Crippen LogP contribution in [0.4, 0.5) is 5.88 Å². The Morgan fingerprint density at radius 3 is 2.71 bits per heavy atom. The van der Waals surface area contributed by atoms with Crippen LogP contribution in [0.3, 0.4) is 0 Å².